The first-order chi connectivity index (χ1) is 9.41. The fourth-order valence-corrected chi connectivity index (χ4v) is 3.08. The molecule has 1 aliphatic heterocycles. The molecule has 0 bridgehead atoms. The first-order valence-electron chi connectivity index (χ1n) is 6.52. The smallest absolute Gasteiger partial charge is 0.230 e. The maximum atomic E-state index is 12.1. The average molecular weight is 290 g/mol. The molecule has 1 aromatic heterocycles. The molecule has 0 aliphatic carbocycles. The molecule has 2 N–H and O–H groups in total. The van der Waals surface area contributed by atoms with E-state index in [1.165, 1.54) is 16.2 Å². The van der Waals surface area contributed by atoms with Crippen LogP contribution in [0.3, 0.4) is 0 Å². The number of carbonyl (C=O) groups excluding carboxylic acids is 2. The molecule has 1 fully saturated rings. The van der Waals surface area contributed by atoms with Crippen LogP contribution in [-0.2, 0) is 16.1 Å². The molecular formula is C15H18N2O2S. The van der Waals surface area contributed by atoms with E-state index in [1.54, 1.807) is 0 Å². The minimum absolute atomic E-state index is 0.0887. The van der Waals surface area contributed by atoms with Gasteiger partial charge < -0.3 is 5.73 Å². The highest BCUT2D eigenvalue weighted by Crippen LogP contribution is 2.32. The average Bonchev–Trinajstić information content (AvgIpc) is 2.78. The number of hydrogen-bond acceptors (Lipinski definition) is 4. The Balaban J connectivity index is 2.08. The SMILES string of the molecule is CC1(C)CC(=O)N(Cc2ccc(C#CCN)s2)C(=O)C1. The lowest BCUT2D eigenvalue weighted by atomic mass is 9.82. The number of piperidine rings is 1. The van der Waals surface area contributed by atoms with E-state index in [-0.39, 0.29) is 17.2 Å². The standard InChI is InChI=1S/C15H18N2O2S/c1-15(2)8-13(18)17(14(19)9-15)10-12-6-5-11(20-12)4-3-7-16/h5-6H,7-10,16H2,1-2H3. The van der Waals surface area contributed by atoms with Crippen molar-refractivity contribution in [1.82, 2.24) is 4.90 Å². The summed E-state index contributed by atoms with van der Waals surface area (Å²) in [5.74, 6) is 5.57. The first kappa shape index (κ1) is 14.8. The van der Waals surface area contributed by atoms with Gasteiger partial charge in [-0.25, -0.2) is 0 Å². The monoisotopic (exact) mass is 290 g/mol. The van der Waals surface area contributed by atoms with Gasteiger partial charge in [0.25, 0.3) is 0 Å². The highest BCUT2D eigenvalue weighted by Gasteiger charge is 2.37. The van der Waals surface area contributed by atoms with Crippen LogP contribution in [0.15, 0.2) is 12.1 Å². The van der Waals surface area contributed by atoms with Crippen LogP contribution in [0.5, 0.6) is 0 Å². The lowest BCUT2D eigenvalue weighted by Crippen LogP contribution is -2.45. The number of imide groups is 1. The zero-order valence-corrected chi connectivity index (χ0v) is 12.5. The molecule has 1 aromatic rings. The second kappa shape index (κ2) is 5.78. The number of hydrogen-bond donors (Lipinski definition) is 1. The molecule has 1 saturated heterocycles. The zero-order chi connectivity index (χ0) is 14.8. The quantitative estimate of drug-likeness (QED) is 0.666. The molecule has 4 nitrogen and oxygen atoms in total. The predicted molar refractivity (Wildman–Crippen MR) is 78.8 cm³/mol. The van der Waals surface area contributed by atoms with Crippen molar-refractivity contribution in [2.24, 2.45) is 11.1 Å². The van der Waals surface area contributed by atoms with Crippen LogP contribution in [0, 0.1) is 17.3 Å². The molecule has 0 saturated carbocycles. The number of carbonyl (C=O) groups is 2. The summed E-state index contributed by atoms with van der Waals surface area (Å²) in [6.45, 7) is 4.58. The van der Waals surface area contributed by atoms with Crippen molar-refractivity contribution in [3.8, 4) is 11.8 Å². The van der Waals surface area contributed by atoms with Crippen LogP contribution in [0.2, 0.25) is 0 Å². The molecule has 1 aliphatic rings. The van der Waals surface area contributed by atoms with Crippen molar-refractivity contribution in [3.05, 3.63) is 21.9 Å². The minimum Gasteiger partial charge on any atom is -0.320 e. The van der Waals surface area contributed by atoms with Crippen LogP contribution in [0.4, 0.5) is 0 Å². The van der Waals surface area contributed by atoms with Crippen LogP contribution < -0.4 is 5.73 Å². The maximum absolute atomic E-state index is 12.1. The molecule has 106 valence electrons. The van der Waals surface area contributed by atoms with E-state index in [2.05, 4.69) is 11.8 Å². The van der Waals surface area contributed by atoms with E-state index in [1.807, 2.05) is 26.0 Å². The molecule has 2 rings (SSSR count). The van der Waals surface area contributed by atoms with Gasteiger partial charge in [0.15, 0.2) is 0 Å². The van der Waals surface area contributed by atoms with Gasteiger partial charge in [0, 0.05) is 17.7 Å². The van der Waals surface area contributed by atoms with E-state index in [9.17, 15) is 9.59 Å². The summed E-state index contributed by atoms with van der Waals surface area (Å²) in [5.41, 5.74) is 5.10. The Kier molecular flexibility index (Phi) is 4.26. The van der Waals surface area contributed by atoms with Gasteiger partial charge in [-0.3, -0.25) is 14.5 Å². The van der Waals surface area contributed by atoms with E-state index in [4.69, 9.17) is 5.73 Å². The molecule has 0 unspecified atom stereocenters. The number of thiophene rings is 1. The van der Waals surface area contributed by atoms with Crippen molar-refractivity contribution in [2.75, 3.05) is 6.54 Å². The van der Waals surface area contributed by atoms with Crippen LogP contribution in [0.25, 0.3) is 0 Å². The lowest BCUT2D eigenvalue weighted by molar-refractivity contribution is -0.153. The van der Waals surface area contributed by atoms with E-state index in [0.717, 1.165) is 9.75 Å². The molecule has 0 spiro atoms. The molecule has 0 radical (unpaired) electrons. The van der Waals surface area contributed by atoms with Crippen molar-refractivity contribution >= 4 is 23.2 Å². The fourth-order valence-electron chi connectivity index (χ4n) is 2.21. The Hall–Kier alpha value is -1.64. The normalized spacial score (nSPS) is 17.9. The van der Waals surface area contributed by atoms with Gasteiger partial charge >= 0.3 is 0 Å². The van der Waals surface area contributed by atoms with Crippen LogP contribution >= 0.6 is 11.3 Å². The second-order valence-corrected chi connectivity index (χ2v) is 6.83. The molecule has 0 aromatic carbocycles. The first-order valence-corrected chi connectivity index (χ1v) is 7.34. The Morgan fingerprint density at radius 3 is 2.55 bits per heavy atom. The van der Waals surface area contributed by atoms with E-state index >= 15 is 0 Å². The largest absolute Gasteiger partial charge is 0.320 e. The Morgan fingerprint density at radius 1 is 1.30 bits per heavy atom. The summed E-state index contributed by atoms with van der Waals surface area (Å²) < 4.78 is 0. The summed E-state index contributed by atoms with van der Waals surface area (Å²) in [6, 6.07) is 3.80. The van der Waals surface area contributed by atoms with Gasteiger partial charge in [-0.05, 0) is 17.5 Å². The van der Waals surface area contributed by atoms with E-state index < -0.39 is 0 Å². The highest BCUT2D eigenvalue weighted by atomic mass is 32.1. The third-order valence-electron chi connectivity index (χ3n) is 3.15. The van der Waals surface area contributed by atoms with Crippen LogP contribution in [-0.4, -0.2) is 23.3 Å². The topological polar surface area (TPSA) is 63.4 Å². The molecule has 2 heterocycles. The maximum Gasteiger partial charge on any atom is 0.230 e. The lowest BCUT2D eigenvalue weighted by Gasteiger charge is -2.34. The third-order valence-corrected chi connectivity index (χ3v) is 4.14. The number of rotatable bonds is 2. The molecule has 20 heavy (non-hydrogen) atoms. The fraction of sp³-hybridized carbons (Fsp3) is 0.467. The zero-order valence-electron chi connectivity index (χ0n) is 11.7. The van der Waals surface area contributed by atoms with Gasteiger partial charge in [0.05, 0.1) is 18.0 Å². The second-order valence-electron chi connectivity index (χ2n) is 5.66. The number of amides is 2. The van der Waals surface area contributed by atoms with Gasteiger partial charge in [0.1, 0.15) is 0 Å². The Labute approximate surface area is 123 Å². The summed E-state index contributed by atoms with van der Waals surface area (Å²) in [7, 11) is 0. The summed E-state index contributed by atoms with van der Waals surface area (Å²) in [5, 5.41) is 0. The minimum atomic E-state index is -0.224. The van der Waals surface area contributed by atoms with Crippen molar-refractivity contribution in [1.29, 1.82) is 0 Å². The molecule has 5 heteroatoms. The van der Waals surface area contributed by atoms with Crippen molar-refractivity contribution < 1.29 is 9.59 Å². The van der Waals surface area contributed by atoms with Crippen molar-refractivity contribution in [2.45, 2.75) is 33.2 Å². The van der Waals surface area contributed by atoms with Gasteiger partial charge in [-0.2, -0.15) is 0 Å². The summed E-state index contributed by atoms with van der Waals surface area (Å²) in [6.07, 6.45) is 0.841. The molecule has 0 atom stereocenters. The van der Waals surface area contributed by atoms with Crippen molar-refractivity contribution in [3.63, 3.8) is 0 Å². The highest BCUT2D eigenvalue weighted by molar-refractivity contribution is 7.12. The third kappa shape index (κ3) is 3.47. The number of nitrogens with zero attached hydrogens (tertiary/aromatic N) is 1. The predicted octanol–water partition coefficient (Wildman–Crippen LogP) is 1.73. The molecular weight excluding hydrogens is 272 g/mol. The van der Waals surface area contributed by atoms with Crippen LogP contribution in [0.1, 0.15) is 36.4 Å². The number of nitrogens with two attached hydrogens (primary N) is 1. The van der Waals surface area contributed by atoms with Gasteiger partial charge in [-0.1, -0.05) is 25.7 Å². The molecule has 2 amide bonds. The Morgan fingerprint density at radius 2 is 1.95 bits per heavy atom. The van der Waals surface area contributed by atoms with Gasteiger partial charge in [0.2, 0.25) is 11.8 Å². The number of likely N-dealkylation sites (tertiary alicyclic amines) is 1. The van der Waals surface area contributed by atoms with E-state index in [0.29, 0.717) is 25.9 Å². The summed E-state index contributed by atoms with van der Waals surface area (Å²) >= 11 is 1.50. The summed E-state index contributed by atoms with van der Waals surface area (Å²) in [4.78, 5) is 27.4. The van der Waals surface area contributed by atoms with Gasteiger partial charge in [-0.15, -0.1) is 11.3 Å². The Bertz CT molecular complexity index is 573.